The van der Waals surface area contributed by atoms with E-state index in [2.05, 4.69) is 4.84 Å². The van der Waals surface area contributed by atoms with Gasteiger partial charge in [-0.05, 0) is 33.1 Å². The van der Waals surface area contributed by atoms with Crippen molar-refractivity contribution in [2.75, 3.05) is 0 Å². The molecule has 0 amide bonds. The van der Waals surface area contributed by atoms with Crippen molar-refractivity contribution in [3.8, 4) is 0 Å². The highest BCUT2D eigenvalue weighted by Crippen LogP contribution is 2.29. The number of carbonyl (C=O) groups excluding carboxylic acids is 2. The zero-order valence-corrected chi connectivity index (χ0v) is 14.2. The first kappa shape index (κ1) is 18.9. The summed E-state index contributed by atoms with van der Waals surface area (Å²) in [7, 11) is 0. The fourth-order valence-corrected chi connectivity index (χ4v) is 3.11. The molecule has 1 aliphatic carbocycles. The lowest BCUT2D eigenvalue weighted by Gasteiger charge is -2.23. The van der Waals surface area contributed by atoms with E-state index in [9.17, 15) is 9.59 Å². The molecular weight excluding hydrogens is 282 g/mol. The van der Waals surface area contributed by atoms with Gasteiger partial charge in [0.15, 0.2) is 0 Å². The van der Waals surface area contributed by atoms with E-state index >= 15 is 0 Å². The van der Waals surface area contributed by atoms with E-state index in [4.69, 9.17) is 10.6 Å². The summed E-state index contributed by atoms with van der Waals surface area (Å²) in [6.45, 7) is 5.43. The molecule has 22 heavy (non-hydrogen) atoms. The van der Waals surface area contributed by atoms with Crippen LogP contribution in [0.15, 0.2) is 0 Å². The Morgan fingerprint density at radius 2 is 1.82 bits per heavy atom. The minimum absolute atomic E-state index is 0.0397. The van der Waals surface area contributed by atoms with Crippen molar-refractivity contribution in [3.63, 3.8) is 0 Å². The van der Waals surface area contributed by atoms with Crippen LogP contribution in [0.5, 0.6) is 0 Å². The van der Waals surface area contributed by atoms with Crippen LogP contribution in [0.1, 0.15) is 78.6 Å². The Balaban J connectivity index is 2.39. The second-order valence-electron chi connectivity index (χ2n) is 7.36. The molecule has 1 unspecified atom stereocenters. The minimum atomic E-state index is -0.545. The molecule has 1 aliphatic rings. The smallest absolute Gasteiger partial charge is 0.328 e. The molecule has 0 bridgehead atoms. The molecular formula is C17H31NO4. The normalized spacial score (nSPS) is 17.8. The standard InChI is InChI=1S/C17H31NO4/c1-17(2,3)21-15(19)12-14(16(20)22-18)11-7-10-13-8-5-4-6-9-13/h13-14H,4-12,18H2,1-3H3. The first-order chi connectivity index (χ1) is 10.3. The Kier molecular flexibility index (Phi) is 7.87. The monoisotopic (exact) mass is 313 g/mol. The van der Waals surface area contributed by atoms with Crippen LogP contribution in [0.4, 0.5) is 0 Å². The van der Waals surface area contributed by atoms with Crippen LogP contribution in [0, 0.1) is 11.8 Å². The summed E-state index contributed by atoms with van der Waals surface area (Å²) in [5, 5.41) is 0. The molecule has 0 aliphatic heterocycles. The number of ether oxygens (including phenoxy) is 1. The van der Waals surface area contributed by atoms with Gasteiger partial charge in [-0.15, -0.1) is 0 Å². The summed E-state index contributed by atoms with van der Waals surface area (Å²) in [6.07, 6.45) is 9.26. The lowest BCUT2D eigenvalue weighted by atomic mass is 9.84. The molecule has 0 aromatic rings. The Bertz CT molecular complexity index is 356. The molecule has 2 N–H and O–H groups in total. The van der Waals surface area contributed by atoms with Gasteiger partial charge in [-0.2, -0.15) is 5.90 Å². The molecule has 0 saturated heterocycles. The average molecular weight is 313 g/mol. The summed E-state index contributed by atoms with van der Waals surface area (Å²) in [4.78, 5) is 28.0. The molecule has 5 nitrogen and oxygen atoms in total. The van der Waals surface area contributed by atoms with Gasteiger partial charge in [-0.3, -0.25) is 9.59 Å². The number of nitrogens with two attached hydrogens (primary N) is 1. The van der Waals surface area contributed by atoms with Gasteiger partial charge in [-0.25, -0.2) is 0 Å². The summed E-state index contributed by atoms with van der Waals surface area (Å²) in [5.41, 5.74) is -0.545. The maximum Gasteiger partial charge on any atom is 0.328 e. The van der Waals surface area contributed by atoms with Crippen LogP contribution in [0.3, 0.4) is 0 Å². The Morgan fingerprint density at radius 3 is 2.36 bits per heavy atom. The van der Waals surface area contributed by atoms with E-state index in [1.54, 1.807) is 0 Å². The molecule has 1 atom stereocenters. The number of hydrogen-bond donors (Lipinski definition) is 1. The maximum atomic E-state index is 11.9. The summed E-state index contributed by atoms with van der Waals surface area (Å²) in [5.74, 6) is 4.37. The SMILES string of the molecule is CC(C)(C)OC(=O)CC(CCCC1CCCCC1)C(=O)ON. The van der Waals surface area contributed by atoms with E-state index in [1.165, 1.54) is 32.1 Å². The van der Waals surface area contributed by atoms with Crippen LogP contribution in [-0.4, -0.2) is 17.5 Å². The quantitative estimate of drug-likeness (QED) is 0.575. The Hall–Kier alpha value is -1.10. The van der Waals surface area contributed by atoms with Crippen molar-refractivity contribution in [3.05, 3.63) is 0 Å². The third-order valence-corrected chi connectivity index (χ3v) is 4.17. The van der Waals surface area contributed by atoms with Crippen molar-refractivity contribution in [1.82, 2.24) is 0 Å². The molecule has 0 radical (unpaired) electrons. The average Bonchev–Trinajstić information content (AvgIpc) is 2.44. The third-order valence-electron chi connectivity index (χ3n) is 4.17. The van der Waals surface area contributed by atoms with Crippen molar-refractivity contribution in [2.45, 2.75) is 84.2 Å². The maximum absolute atomic E-state index is 11.9. The van der Waals surface area contributed by atoms with Crippen LogP contribution in [0.2, 0.25) is 0 Å². The highest BCUT2D eigenvalue weighted by molar-refractivity contribution is 5.79. The molecule has 5 heteroatoms. The zero-order chi connectivity index (χ0) is 16.6. The fourth-order valence-electron chi connectivity index (χ4n) is 3.11. The van der Waals surface area contributed by atoms with Crippen LogP contribution >= 0.6 is 0 Å². The van der Waals surface area contributed by atoms with E-state index in [0.29, 0.717) is 6.42 Å². The van der Waals surface area contributed by atoms with Gasteiger partial charge < -0.3 is 9.57 Å². The second-order valence-corrected chi connectivity index (χ2v) is 7.36. The summed E-state index contributed by atoms with van der Waals surface area (Å²) >= 11 is 0. The first-order valence-corrected chi connectivity index (χ1v) is 8.44. The zero-order valence-electron chi connectivity index (χ0n) is 14.2. The van der Waals surface area contributed by atoms with Crippen molar-refractivity contribution in [1.29, 1.82) is 0 Å². The van der Waals surface area contributed by atoms with Gasteiger partial charge in [0, 0.05) is 0 Å². The van der Waals surface area contributed by atoms with Gasteiger partial charge in [0.2, 0.25) is 0 Å². The predicted octanol–water partition coefficient (Wildman–Crippen LogP) is 3.50. The number of carbonyl (C=O) groups is 2. The Labute approximate surface area is 133 Å². The van der Waals surface area contributed by atoms with Crippen molar-refractivity contribution < 1.29 is 19.2 Å². The van der Waals surface area contributed by atoms with E-state index in [-0.39, 0.29) is 12.4 Å². The van der Waals surface area contributed by atoms with E-state index in [1.807, 2.05) is 20.8 Å². The molecule has 0 aromatic heterocycles. The van der Waals surface area contributed by atoms with Crippen LogP contribution < -0.4 is 5.90 Å². The first-order valence-electron chi connectivity index (χ1n) is 8.44. The van der Waals surface area contributed by atoms with Gasteiger partial charge in [0.05, 0.1) is 12.3 Å². The molecule has 0 heterocycles. The molecule has 1 fully saturated rings. The lowest BCUT2D eigenvalue weighted by molar-refractivity contribution is -0.162. The number of rotatable bonds is 7. The van der Waals surface area contributed by atoms with Crippen LogP contribution in [-0.2, 0) is 19.2 Å². The predicted molar refractivity (Wildman–Crippen MR) is 84.7 cm³/mol. The molecule has 0 aromatic carbocycles. The lowest BCUT2D eigenvalue weighted by Crippen LogP contribution is -2.29. The van der Waals surface area contributed by atoms with Gasteiger partial charge in [0.1, 0.15) is 5.60 Å². The van der Waals surface area contributed by atoms with Gasteiger partial charge >= 0.3 is 11.9 Å². The fraction of sp³-hybridized carbons (Fsp3) is 0.882. The van der Waals surface area contributed by atoms with Crippen molar-refractivity contribution >= 4 is 11.9 Å². The molecule has 0 spiro atoms. The molecule has 1 rings (SSSR count). The Morgan fingerprint density at radius 1 is 1.18 bits per heavy atom. The van der Waals surface area contributed by atoms with Crippen molar-refractivity contribution in [2.24, 2.45) is 17.7 Å². The summed E-state index contributed by atoms with van der Waals surface area (Å²) < 4.78 is 5.27. The third kappa shape index (κ3) is 7.78. The molecule has 128 valence electrons. The van der Waals surface area contributed by atoms with Gasteiger partial charge in [-0.1, -0.05) is 44.9 Å². The minimum Gasteiger partial charge on any atom is -0.460 e. The van der Waals surface area contributed by atoms with E-state index < -0.39 is 17.5 Å². The number of hydrogen-bond acceptors (Lipinski definition) is 5. The van der Waals surface area contributed by atoms with Crippen LogP contribution in [0.25, 0.3) is 0 Å². The highest BCUT2D eigenvalue weighted by atomic mass is 16.7. The molecule has 1 saturated carbocycles. The highest BCUT2D eigenvalue weighted by Gasteiger charge is 2.26. The topological polar surface area (TPSA) is 78.6 Å². The summed E-state index contributed by atoms with van der Waals surface area (Å²) in [6, 6.07) is 0. The second kappa shape index (κ2) is 9.13. The van der Waals surface area contributed by atoms with Gasteiger partial charge in [0.25, 0.3) is 0 Å². The largest absolute Gasteiger partial charge is 0.460 e. The number of esters is 1. The van der Waals surface area contributed by atoms with E-state index in [0.717, 1.165) is 18.8 Å².